The van der Waals surface area contributed by atoms with E-state index in [0.717, 1.165) is 19.3 Å². The van der Waals surface area contributed by atoms with E-state index in [0.29, 0.717) is 11.4 Å². The average Bonchev–Trinajstić information content (AvgIpc) is 3.05. The van der Waals surface area contributed by atoms with Gasteiger partial charge in [-0.25, -0.2) is 4.79 Å². The van der Waals surface area contributed by atoms with E-state index < -0.39 is 11.9 Å². The number of anilines is 1. The second-order valence-corrected chi connectivity index (χ2v) is 6.03. The van der Waals surface area contributed by atoms with Gasteiger partial charge in [-0.3, -0.25) is 4.79 Å². The van der Waals surface area contributed by atoms with Crippen LogP contribution in [0.15, 0.2) is 40.3 Å². The van der Waals surface area contributed by atoms with Gasteiger partial charge in [0.2, 0.25) is 0 Å². The van der Waals surface area contributed by atoms with Gasteiger partial charge in [-0.1, -0.05) is 25.5 Å². The zero-order chi connectivity index (χ0) is 19.8. The highest BCUT2D eigenvalue weighted by molar-refractivity contribution is 6.09. The highest BCUT2D eigenvalue weighted by atomic mass is 16.5. The maximum Gasteiger partial charge on any atom is 0.341 e. The Morgan fingerprint density at radius 3 is 2.59 bits per heavy atom. The van der Waals surface area contributed by atoms with Crippen molar-refractivity contribution in [3.63, 3.8) is 0 Å². The molecule has 140 valence electrons. The number of unbranched alkanes of at least 4 members (excludes halogenated alkanes) is 1. The molecule has 0 atom stereocenters. The van der Waals surface area contributed by atoms with Crippen molar-refractivity contribution in [1.82, 2.24) is 0 Å². The molecule has 0 bridgehead atoms. The molecule has 0 spiro atoms. The lowest BCUT2D eigenvalue weighted by atomic mass is 10.1. The number of hydrogen-bond donors (Lipinski definition) is 1. The van der Waals surface area contributed by atoms with Gasteiger partial charge in [-0.15, -0.1) is 0 Å². The van der Waals surface area contributed by atoms with Crippen molar-refractivity contribution in [2.24, 2.45) is 0 Å². The van der Waals surface area contributed by atoms with Gasteiger partial charge in [0, 0.05) is 11.8 Å². The largest absolute Gasteiger partial charge is 0.465 e. The summed E-state index contributed by atoms with van der Waals surface area (Å²) in [7, 11) is 1.27. The molecule has 0 aliphatic carbocycles. The van der Waals surface area contributed by atoms with Crippen LogP contribution in [0.1, 0.15) is 47.2 Å². The lowest BCUT2D eigenvalue weighted by Gasteiger charge is -2.05. The predicted molar refractivity (Wildman–Crippen MR) is 102 cm³/mol. The van der Waals surface area contributed by atoms with Gasteiger partial charge >= 0.3 is 5.97 Å². The Hall–Kier alpha value is -3.33. The van der Waals surface area contributed by atoms with Crippen molar-refractivity contribution in [3.8, 4) is 6.07 Å². The molecular formula is C21H22N2O4. The van der Waals surface area contributed by atoms with E-state index in [9.17, 15) is 14.9 Å². The van der Waals surface area contributed by atoms with Gasteiger partial charge in [0.1, 0.15) is 28.7 Å². The van der Waals surface area contributed by atoms with Crippen molar-refractivity contribution in [2.45, 2.75) is 33.1 Å². The van der Waals surface area contributed by atoms with Crippen molar-refractivity contribution < 1.29 is 18.7 Å². The van der Waals surface area contributed by atoms with Gasteiger partial charge in [0.25, 0.3) is 5.91 Å². The Morgan fingerprint density at radius 1 is 1.30 bits per heavy atom. The number of nitriles is 1. The summed E-state index contributed by atoms with van der Waals surface area (Å²) in [5, 5.41) is 12.0. The minimum absolute atomic E-state index is 0.129. The third-order valence-electron chi connectivity index (χ3n) is 4.02. The Bertz CT molecular complexity index is 886. The van der Waals surface area contributed by atoms with Crippen molar-refractivity contribution in [1.29, 1.82) is 5.26 Å². The zero-order valence-corrected chi connectivity index (χ0v) is 15.7. The number of nitrogens with one attached hydrogen (secondary N) is 1. The van der Waals surface area contributed by atoms with E-state index >= 15 is 0 Å². The molecule has 1 heterocycles. The first kappa shape index (κ1) is 20.0. The lowest BCUT2D eigenvalue weighted by Crippen LogP contribution is -2.13. The fourth-order valence-corrected chi connectivity index (χ4v) is 2.51. The molecule has 0 saturated heterocycles. The van der Waals surface area contributed by atoms with E-state index in [1.165, 1.54) is 24.8 Å². The summed E-state index contributed by atoms with van der Waals surface area (Å²) < 4.78 is 10.1. The minimum Gasteiger partial charge on any atom is -0.465 e. The number of nitrogens with zero attached hydrogens (tertiary/aromatic N) is 1. The van der Waals surface area contributed by atoms with E-state index in [-0.39, 0.29) is 16.9 Å². The Labute approximate surface area is 158 Å². The molecule has 0 radical (unpaired) electrons. The third-order valence-corrected chi connectivity index (χ3v) is 4.02. The number of amides is 1. The van der Waals surface area contributed by atoms with Crippen molar-refractivity contribution >= 4 is 23.6 Å². The fraction of sp³-hybridized carbons (Fsp3) is 0.286. The maximum absolute atomic E-state index is 12.4. The highest BCUT2D eigenvalue weighted by Gasteiger charge is 2.16. The zero-order valence-electron chi connectivity index (χ0n) is 15.7. The Balaban J connectivity index is 2.13. The van der Waals surface area contributed by atoms with Gasteiger partial charge < -0.3 is 14.5 Å². The molecule has 1 amide bonds. The van der Waals surface area contributed by atoms with Crippen LogP contribution in [0.2, 0.25) is 0 Å². The number of esters is 1. The van der Waals surface area contributed by atoms with Crippen LogP contribution in [0.3, 0.4) is 0 Å². The van der Waals surface area contributed by atoms with Crippen LogP contribution in [-0.2, 0) is 16.0 Å². The monoisotopic (exact) mass is 366 g/mol. The number of furan rings is 1. The second kappa shape index (κ2) is 9.39. The number of methoxy groups -OCH3 is 1. The van der Waals surface area contributed by atoms with Gasteiger partial charge in [0.05, 0.1) is 7.11 Å². The van der Waals surface area contributed by atoms with Crippen molar-refractivity contribution in [2.75, 3.05) is 12.4 Å². The van der Waals surface area contributed by atoms with Crippen LogP contribution in [0.4, 0.5) is 5.69 Å². The summed E-state index contributed by atoms with van der Waals surface area (Å²) in [4.78, 5) is 24.0. The summed E-state index contributed by atoms with van der Waals surface area (Å²) in [6.07, 6.45) is 4.53. The average molecular weight is 366 g/mol. The van der Waals surface area contributed by atoms with Gasteiger partial charge in [-0.2, -0.15) is 5.26 Å². The second-order valence-electron chi connectivity index (χ2n) is 6.03. The quantitative estimate of drug-likeness (QED) is 0.449. The molecule has 27 heavy (non-hydrogen) atoms. The summed E-state index contributed by atoms with van der Waals surface area (Å²) in [6.45, 7) is 3.74. The molecule has 0 aliphatic rings. The van der Waals surface area contributed by atoms with E-state index in [1.807, 2.05) is 30.3 Å². The van der Waals surface area contributed by atoms with Crippen molar-refractivity contribution in [3.05, 3.63) is 58.6 Å². The Morgan fingerprint density at radius 2 is 2.00 bits per heavy atom. The first-order valence-electron chi connectivity index (χ1n) is 8.69. The molecule has 6 heteroatoms. The van der Waals surface area contributed by atoms with E-state index in [1.54, 1.807) is 6.92 Å². The standard InChI is InChI=1S/C21H22N2O4/c1-4-5-6-15-7-9-17(10-8-15)23-20(24)16(13-22)11-18-12-19(14(2)27-18)21(25)26-3/h7-12H,4-6H2,1-3H3,(H,23,24)/b16-11+. The van der Waals surface area contributed by atoms with Gasteiger partial charge in [0.15, 0.2) is 0 Å². The van der Waals surface area contributed by atoms with Crippen LogP contribution < -0.4 is 5.32 Å². The topological polar surface area (TPSA) is 92.3 Å². The SMILES string of the molecule is CCCCc1ccc(NC(=O)/C(C#N)=C/c2cc(C(=O)OC)c(C)o2)cc1. The van der Waals surface area contributed by atoms with Gasteiger partial charge in [-0.05, 0) is 43.5 Å². The number of carbonyl (C=O) groups excluding carboxylic acids is 2. The molecule has 0 fully saturated rings. The molecule has 1 aromatic heterocycles. The van der Waals surface area contributed by atoms with Crippen LogP contribution in [0.25, 0.3) is 6.08 Å². The molecule has 0 saturated carbocycles. The fourth-order valence-electron chi connectivity index (χ4n) is 2.51. The Kier molecular flexibility index (Phi) is 6.95. The molecule has 2 rings (SSSR count). The predicted octanol–water partition coefficient (Wildman–Crippen LogP) is 4.26. The van der Waals surface area contributed by atoms with Crippen LogP contribution in [0.5, 0.6) is 0 Å². The number of rotatable bonds is 7. The molecule has 2 aromatic rings. The molecular weight excluding hydrogens is 344 g/mol. The lowest BCUT2D eigenvalue weighted by molar-refractivity contribution is -0.112. The number of carbonyl (C=O) groups is 2. The number of benzene rings is 1. The minimum atomic E-state index is -0.549. The van der Waals surface area contributed by atoms with Crippen LogP contribution in [-0.4, -0.2) is 19.0 Å². The first-order chi connectivity index (χ1) is 13.0. The van der Waals surface area contributed by atoms with E-state index in [2.05, 4.69) is 17.0 Å². The summed E-state index contributed by atoms with van der Waals surface area (Å²) in [5.74, 6) is -0.502. The van der Waals surface area contributed by atoms with Crippen LogP contribution >= 0.6 is 0 Å². The molecule has 0 unspecified atom stereocenters. The summed E-state index contributed by atoms with van der Waals surface area (Å²) in [5.41, 5.74) is 1.93. The third kappa shape index (κ3) is 5.32. The molecule has 1 aromatic carbocycles. The first-order valence-corrected chi connectivity index (χ1v) is 8.69. The summed E-state index contributed by atoms with van der Waals surface area (Å²) in [6, 6.07) is 10.8. The molecule has 1 N–H and O–H groups in total. The number of aryl methyl sites for hydroxylation is 2. The smallest absolute Gasteiger partial charge is 0.341 e. The van der Waals surface area contributed by atoms with E-state index in [4.69, 9.17) is 4.42 Å². The summed E-state index contributed by atoms with van der Waals surface area (Å²) >= 11 is 0. The number of ether oxygens (including phenoxy) is 1. The highest BCUT2D eigenvalue weighted by Crippen LogP contribution is 2.19. The normalized spacial score (nSPS) is 11.0. The molecule has 0 aliphatic heterocycles. The maximum atomic E-state index is 12.4. The molecule has 6 nitrogen and oxygen atoms in total. The number of hydrogen-bond acceptors (Lipinski definition) is 5. The van der Waals surface area contributed by atoms with Crippen LogP contribution in [0, 0.1) is 18.3 Å².